The van der Waals surface area contributed by atoms with E-state index < -0.39 is 4.92 Å². The Kier molecular flexibility index (Phi) is 4.74. The van der Waals surface area contributed by atoms with E-state index in [1.165, 1.54) is 12.1 Å². The number of nitrogens with zero attached hydrogens (tertiary/aromatic N) is 4. The van der Waals surface area contributed by atoms with Crippen LogP contribution in [0, 0.1) is 17.0 Å². The smallest absolute Gasteiger partial charge is 0.270 e. The lowest BCUT2D eigenvalue weighted by molar-refractivity contribution is -0.384. The van der Waals surface area contributed by atoms with Crippen molar-refractivity contribution in [2.75, 3.05) is 0 Å². The zero-order chi connectivity index (χ0) is 18.7. The largest absolute Gasteiger partial charge is 0.319 e. The normalized spacial score (nSPS) is 11.5. The summed E-state index contributed by atoms with van der Waals surface area (Å²) in [6, 6.07) is 13.7. The minimum Gasteiger partial charge on any atom is -0.319 e. The average Bonchev–Trinajstić information content (AvgIpc) is 2.95. The molecule has 3 aromatic rings. The van der Waals surface area contributed by atoms with E-state index in [9.17, 15) is 14.9 Å². The van der Waals surface area contributed by atoms with Crippen molar-refractivity contribution in [3.05, 3.63) is 70.0 Å². The highest BCUT2D eigenvalue weighted by Crippen LogP contribution is 2.15. The summed E-state index contributed by atoms with van der Waals surface area (Å²) in [4.78, 5) is 27.0. The quantitative estimate of drug-likeness (QED) is 0.434. The van der Waals surface area contributed by atoms with Gasteiger partial charge in [0, 0.05) is 17.7 Å². The van der Waals surface area contributed by atoms with Gasteiger partial charge in [0.2, 0.25) is 0 Å². The number of hydrazone groups is 1. The molecule has 2 aromatic carbocycles. The first-order chi connectivity index (χ1) is 12.5. The predicted octanol–water partition coefficient (Wildman–Crippen LogP) is 2.79. The number of fused-ring (bicyclic) bond motifs is 1. The number of benzene rings is 2. The van der Waals surface area contributed by atoms with Crippen LogP contribution >= 0.6 is 0 Å². The van der Waals surface area contributed by atoms with Crippen molar-refractivity contribution in [1.82, 2.24) is 15.0 Å². The molecule has 0 radical (unpaired) electrons. The zero-order valence-electron chi connectivity index (χ0n) is 14.3. The average molecular weight is 351 g/mol. The van der Waals surface area contributed by atoms with Gasteiger partial charge in [-0.15, -0.1) is 0 Å². The highest BCUT2D eigenvalue weighted by molar-refractivity contribution is 5.99. The van der Waals surface area contributed by atoms with Crippen molar-refractivity contribution in [3.8, 4) is 0 Å². The van der Waals surface area contributed by atoms with Crippen LogP contribution in [0.5, 0.6) is 0 Å². The van der Waals surface area contributed by atoms with Crippen LogP contribution in [0.25, 0.3) is 11.0 Å². The van der Waals surface area contributed by atoms with Gasteiger partial charge in [-0.1, -0.05) is 24.3 Å². The lowest BCUT2D eigenvalue weighted by Gasteiger charge is -2.06. The van der Waals surface area contributed by atoms with Gasteiger partial charge in [-0.2, -0.15) is 5.10 Å². The number of imidazole rings is 1. The molecule has 3 rings (SSSR count). The minimum absolute atomic E-state index is 0.0242. The second-order valence-corrected chi connectivity index (χ2v) is 5.77. The summed E-state index contributed by atoms with van der Waals surface area (Å²) in [7, 11) is 0. The molecule has 0 aliphatic rings. The molecule has 0 unspecified atom stereocenters. The van der Waals surface area contributed by atoms with Gasteiger partial charge in [0.15, 0.2) is 0 Å². The van der Waals surface area contributed by atoms with Crippen molar-refractivity contribution in [2.45, 2.75) is 20.4 Å². The number of amides is 1. The number of carbonyl (C=O) groups excluding carboxylic acids is 1. The zero-order valence-corrected chi connectivity index (χ0v) is 14.3. The molecule has 0 aliphatic carbocycles. The molecule has 26 heavy (non-hydrogen) atoms. The number of non-ortho nitro benzene ring substituents is 1. The third kappa shape index (κ3) is 3.59. The first-order valence-corrected chi connectivity index (χ1v) is 7.95. The van der Waals surface area contributed by atoms with E-state index in [0.717, 1.165) is 16.9 Å². The van der Waals surface area contributed by atoms with Gasteiger partial charge in [-0.05, 0) is 26.0 Å². The Hall–Kier alpha value is -3.55. The Morgan fingerprint density at radius 1 is 1.27 bits per heavy atom. The van der Waals surface area contributed by atoms with Crippen LogP contribution in [0.1, 0.15) is 18.3 Å². The summed E-state index contributed by atoms with van der Waals surface area (Å²) in [6.07, 6.45) is 0. The number of nitro groups is 1. The fourth-order valence-electron chi connectivity index (χ4n) is 2.63. The van der Waals surface area contributed by atoms with E-state index in [4.69, 9.17) is 0 Å². The number of para-hydroxylation sites is 2. The minimum atomic E-state index is -0.470. The maximum absolute atomic E-state index is 12.2. The Morgan fingerprint density at radius 2 is 2.04 bits per heavy atom. The Balaban J connectivity index is 1.73. The number of rotatable bonds is 5. The molecule has 0 aliphatic heterocycles. The summed E-state index contributed by atoms with van der Waals surface area (Å²) >= 11 is 0. The Bertz CT molecular complexity index is 1020. The molecule has 8 nitrogen and oxygen atoms in total. The molecule has 0 bridgehead atoms. The van der Waals surface area contributed by atoms with Gasteiger partial charge in [0.1, 0.15) is 12.4 Å². The molecular weight excluding hydrogens is 334 g/mol. The van der Waals surface area contributed by atoms with E-state index in [2.05, 4.69) is 15.5 Å². The molecule has 0 fully saturated rings. The van der Waals surface area contributed by atoms with E-state index in [1.54, 1.807) is 19.1 Å². The SMILES string of the molecule is CC(=NNC(=O)Cn1c(C)nc2ccccc21)c1cccc([N+](=O)[O-])c1. The molecule has 1 aromatic heterocycles. The third-order valence-corrected chi connectivity index (χ3v) is 3.97. The lowest BCUT2D eigenvalue weighted by atomic mass is 10.1. The topological polar surface area (TPSA) is 102 Å². The maximum atomic E-state index is 12.2. The fraction of sp³-hybridized carbons (Fsp3) is 0.167. The second-order valence-electron chi connectivity index (χ2n) is 5.77. The summed E-state index contributed by atoms with van der Waals surface area (Å²) in [5.41, 5.74) is 5.22. The molecule has 132 valence electrons. The molecule has 0 saturated carbocycles. The summed E-state index contributed by atoms with van der Waals surface area (Å²) in [5.74, 6) is 0.432. The predicted molar refractivity (Wildman–Crippen MR) is 97.9 cm³/mol. The van der Waals surface area contributed by atoms with Crippen molar-refractivity contribution in [2.24, 2.45) is 5.10 Å². The van der Waals surface area contributed by atoms with Gasteiger partial charge in [-0.3, -0.25) is 14.9 Å². The van der Waals surface area contributed by atoms with E-state index >= 15 is 0 Å². The molecule has 1 N–H and O–H groups in total. The summed E-state index contributed by atoms with van der Waals surface area (Å²) in [5, 5.41) is 14.9. The van der Waals surface area contributed by atoms with Gasteiger partial charge in [-0.25, -0.2) is 10.4 Å². The molecule has 8 heteroatoms. The van der Waals surface area contributed by atoms with Crippen LogP contribution < -0.4 is 5.43 Å². The van der Waals surface area contributed by atoms with Crippen molar-refractivity contribution in [3.63, 3.8) is 0 Å². The molecule has 0 saturated heterocycles. The summed E-state index contributed by atoms with van der Waals surface area (Å²) in [6.45, 7) is 3.60. The molecule has 0 spiro atoms. The number of hydrogen-bond donors (Lipinski definition) is 1. The maximum Gasteiger partial charge on any atom is 0.270 e. The monoisotopic (exact) mass is 351 g/mol. The van der Waals surface area contributed by atoms with Crippen LogP contribution in [0.4, 0.5) is 5.69 Å². The summed E-state index contributed by atoms with van der Waals surface area (Å²) < 4.78 is 1.81. The van der Waals surface area contributed by atoms with E-state index in [-0.39, 0.29) is 18.1 Å². The highest BCUT2D eigenvalue weighted by Gasteiger charge is 2.11. The molecular formula is C18H17N5O3. The van der Waals surface area contributed by atoms with Crippen molar-refractivity contribution >= 4 is 28.3 Å². The van der Waals surface area contributed by atoms with Gasteiger partial charge >= 0.3 is 0 Å². The number of aryl methyl sites for hydroxylation is 1. The number of nitrogens with one attached hydrogen (secondary N) is 1. The van der Waals surface area contributed by atoms with Crippen LogP contribution in [0.2, 0.25) is 0 Å². The third-order valence-electron chi connectivity index (χ3n) is 3.97. The van der Waals surface area contributed by atoms with Crippen LogP contribution in [-0.2, 0) is 11.3 Å². The Labute approximate surface area is 149 Å². The Morgan fingerprint density at radius 3 is 2.81 bits per heavy atom. The first kappa shape index (κ1) is 17.3. The lowest BCUT2D eigenvalue weighted by Crippen LogP contribution is -2.24. The number of carbonyl (C=O) groups is 1. The van der Waals surface area contributed by atoms with Gasteiger partial charge in [0.05, 0.1) is 21.7 Å². The second kappa shape index (κ2) is 7.14. The number of aromatic nitrogens is 2. The number of hydrogen-bond acceptors (Lipinski definition) is 5. The van der Waals surface area contributed by atoms with Crippen LogP contribution in [-0.4, -0.2) is 26.1 Å². The standard InChI is InChI=1S/C18H17N5O3/c1-12(14-6-5-7-15(10-14)23(25)26)20-21-18(24)11-22-13(2)19-16-8-3-4-9-17(16)22/h3-10H,11H2,1-2H3,(H,21,24). The van der Waals surface area contributed by atoms with Crippen LogP contribution in [0.15, 0.2) is 53.6 Å². The van der Waals surface area contributed by atoms with Gasteiger partial charge < -0.3 is 4.57 Å². The van der Waals surface area contributed by atoms with E-state index in [1.807, 2.05) is 35.8 Å². The fourth-order valence-corrected chi connectivity index (χ4v) is 2.63. The number of nitro benzene ring substituents is 1. The van der Waals surface area contributed by atoms with E-state index in [0.29, 0.717) is 11.3 Å². The molecule has 0 atom stereocenters. The highest BCUT2D eigenvalue weighted by atomic mass is 16.6. The molecule has 1 heterocycles. The van der Waals surface area contributed by atoms with Crippen LogP contribution in [0.3, 0.4) is 0 Å². The van der Waals surface area contributed by atoms with Gasteiger partial charge in [0.25, 0.3) is 11.6 Å². The van der Waals surface area contributed by atoms with Crippen molar-refractivity contribution < 1.29 is 9.72 Å². The molecule has 1 amide bonds. The van der Waals surface area contributed by atoms with Crippen molar-refractivity contribution in [1.29, 1.82) is 0 Å². The first-order valence-electron chi connectivity index (χ1n) is 7.95.